The summed E-state index contributed by atoms with van der Waals surface area (Å²) in [5.41, 5.74) is 0. The standard InChI is InChI=1S/C7H18BO5P2/c1-5-12-14(8,13-6-2)7-15(9,10-3)11-4/h5-7H2,1-4H3/q+1. The van der Waals surface area contributed by atoms with Crippen molar-refractivity contribution in [3.63, 3.8) is 0 Å². The van der Waals surface area contributed by atoms with Gasteiger partial charge in [-0.15, -0.1) is 0 Å². The van der Waals surface area contributed by atoms with E-state index >= 15 is 0 Å². The van der Waals surface area contributed by atoms with E-state index in [2.05, 4.69) is 0 Å². The fraction of sp³-hybridized carbons (Fsp3) is 1.00. The molecule has 0 bridgehead atoms. The van der Waals surface area contributed by atoms with Crippen molar-refractivity contribution in [2.75, 3.05) is 33.3 Å². The van der Waals surface area contributed by atoms with Crippen molar-refractivity contribution in [2.45, 2.75) is 13.8 Å². The average Bonchev–Trinajstić information content (AvgIpc) is 2.18. The first-order chi connectivity index (χ1) is 6.95. The van der Waals surface area contributed by atoms with E-state index in [-0.39, 0.29) is 5.90 Å². The molecule has 0 aromatic carbocycles. The summed E-state index contributed by atoms with van der Waals surface area (Å²) in [5, 5.41) is 0. The van der Waals surface area contributed by atoms with Gasteiger partial charge in [-0.05, 0) is 13.8 Å². The molecule has 5 nitrogen and oxygen atoms in total. The highest BCUT2D eigenvalue weighted by Crippen LogP contribution is 2.67. The van der Waals surface area contributed by atoms with Crippen LogP contribution in [0, 0.1) is 0 Å². The van der Waals surface area contributed by atoms with E-state index in [0.29, 0.717) is 13.2 Å². The lowest BCUT2D eigenvalue weighted by Gasteiger charge is -2.22. The monoisotopic (exact) mass is 255 g/mol. The van der Waals surface area contributed by atoms with E-state index in [1.165, 1.54) is 14.2 Å². The molecule has 8 heteroatoms. The van der Waals surface area contributed by atoms with Crippen LogP contribution in [0.5, 0.6) is 0 Å². The summed E-state index contributed by atoms with van der Waals surface area (Å²) in [6.45, 7) is 4.39. The molecule has 0 aromatic rings. The molecule has 0 aliphatic heterocycles. The Morgan fingerprint density at radius 3 is 1.80 bits per heavy atom. The summed E-state index contributed by atoms with van der Waals surface area (Å²) >= 11 is 0. The first kappa shape index (κ1) is 15.6. The van der Waals surface area contributed by atoms with Crippen molar-refractivity contribution in [1.29, 1.82) is 0 Å². The highest BCUT2D eigenvalue weighted by molar-refractivity contribution is 7.95. The highest BCUT2D eigenvalue weighted by Gasteiger charge is 2.45. The molecule has 0 spiro atoms. The van der Waals surface area contributed by atoms with E-state index in [1.807, 2.05) is 0 Å². The molecule has 0 unspecified atom stereocenters. The van der Waals surface area contributed by atoms with E-state index in [9.17, 15) is 4.57 Å². The van der Waals surface area contributed by atoms with Crippen LogP contribution in [0.1, 0.15) is 13.8 Å². The lowest BCUT2D eigenvalue weighted by Crippen LogP contribution is -2.09. The van der Waals surface area contributed by atoms with Gasteiger partial charge in [0.2, 0.25) is 7.59 Å². The molecule has 0 saturated carbocycles. The highest BCUT2D eigenvalue weighted by atomic mass is 31.3. The van der Waals surface area contributed by atoms with Gasteiger partial charge in [0.1, 0.15) is 0 Å². The summed E-state index contributed by atoms with van der Waals surface area (Å²) in [4.78, 5) is 0. The van der Waals surface area contributed by atoms with Gasteiger partial charge in [-0.25, -0.2) is 9.05 Å². The van der Waals surface area contributed by atoms with Crippen molar-refractivity contribution in [2.24, 2.45) is 0 Å². The van der Waals surface area contributed by atoms with Crippen LogP contribution in [0.15, 0.2) is 0 Å². The molecule has 0 aliphatic carbocycles. The van der Waals surface area contributed by atoms with Crippen LogP contribution in [0.25, 0.3) is 0 Å². The summed E-state index contributed by atoms with van der Waals surface area (Å²) in [7, 11) is 2.69. The largest absolute Gasteiger partial charge is 0.444 e. The molecular weight excluding hydrogens is 237 g/mol. The Morgan fingerprint density at radius 2 is 1.53 bits per heavy atom. The molecule has 0 atom stereocenters. The quantitative estimate of drug-likeness (QED) is 0.492. The van der Waals surface area contributed by atoms with Gasteiger partial charge >= 0.3 is 15.2 Å². The molecule has 15 heavy (non-hydrogen) atoms. The second kappa shape index (κ2) is 7.00. The SMILES string of the molecule is [B][P+](CP(=O)(OC)OC)(OCC)OCC. The summed E-state index contributed by atoms with van der Waals surface area (Å²) < 4.78 is 32.1. The molecule has 0 N–H and O–H groups in total. The minimum Gasteiger partial charge on any atom is -0.309 e. The van der Waals surface area contributed by atoms with E-state index in [4.69, 9.17) is 25.7 Å². The van der Waals surface area contributed by atoms with Crippen LogP contribution in [-0.2, 0) is 22.7 Å². The summed E-state index contributed by atoms with van der Waals surface area (Å²) in [5.74, 6) is -0.0331. The molecule has 88 valence electrons. The normalized spacial score (nSPS) is 13.1. The predicted molar refractivity (Wildman–Crippen MR) is 62.4 cm³/mol. The summed E-state index contributed by atoms with van der Waals surface area (Å²) in [6, 6.07) is 0. The summed E-state index contributed by atoms with van der Waals surface area (Å²) in [6.07, 6.45) is 0. The van der Waals surface area contributed by atoms with E-state index in [1.54, 1.807) is 13.8 Å². The minimum atomic E-state index is -3.19. The van der Waals surface area contributed by atoms with Gasteiger partial charge in [-0.1, -0.05) is 0 Å². The lowest BCUT2D eigenvalue weighted by molar-refractivity contribution is 0.254. The van der Waals surface area contributed by atoms with Crippen molar-refractivity contribution in [3.05, 3.63) is 0 Å². The van der Waals surface area contributed by atoms with Gasteiger partial charge in [0, 0.05) is 14.2 Å². The molecule has 0 amide bonds. The van der Waals surface area contributed by atoms with Crippen molar-refractivity contribution in [1.82, 2.24) is 0 Å². The lowest BCUT2D eigenvalue weighted by atomic mass is 10.8. The Kier molecular flexibility index (Phi) is 7.27. The fourth-order valence-corrected chi connectivity index (χ4v) is 5.59. The van der Waals surface area contributed by atoms with Gasteiger partial charge in [0.25, 0.3) is 0 Å². The van der Waals surface area contributed by atoms with Crippen LogP contribution in [0.4, 0.5) is 0 Å². The Balaban J connectivity index is 4.58. The maximum absolute atomic E-state index is 11.9. The third-order valence-electron chi connectivity index (χ3n) is 1.62. The second-order valence-corrected chi connectivity index (χ2v) is 7.73. The second-order valence-electron chi connectivity index (χ2n) is 2.68. The Morgan fingerprint density at radius 1 is 1.13 bits per heavy atom. The van der Waals surface area contributed by atoms with Crippen molar-refractivity contribution < 1.29 is 22.7 Å². The zero-order chi connectivity index (χ0) is 11.9. The van der Waals surface area contributed by atoms with Crippen LogP contribution < -0.4 is 0 Å². The van der Waals surface area contributed by atoms with Gasteiger partial charge in [0.15, 0.2) is 5.90 Å². The van der Waals surface area contributed by atoms with Crippen LogP contribution in [-0.4, -0.2) is 40.9 Å². The minimum absolute atomic E-state index is 0.0331. The number of hydrogen-bond acceptors (Lipinski definition) is 5. The van der Waals surface area contributed by atoms with Gasteiger partial charge in [-0.3, -0.25) is 4.57 Å². The molecule has 0 rings (SSSR count). The molecule has 0 fully saturated rings. The van der Waals surface area contributed by atoms with E-state index in [0.717, 1.165) is 0 Å². The first-order valence-corrected chi connectivity index (χ1v) is 8.22. The third-order valence-corrected chi connectivity index (χ3v) is 7.09. The Labute approximate surface area is 93.2 Å². The molecule has 0 heterocycles. The van der Waals surface area contributed by atoms with Crippen LogP contribution in [0.3, 0.4) is 0 Å². The maximum Gasteiger partial charge on any atom is 0.444 e. The third kappa shape index (κ3) is 5.44. The number of rotatable bonds is 8. The smallest absolute Gasteiger partial charge is 0.309 e. The molecule has 0 saturated heterocycles. The fourth-order valence-electron chi connectivity index (χ4n) is 0.987. The van der Waals surface area contributed by atoms with E-state index < -0.39 is 15.2 Å². The molecule has 0 aromatic heterocycles. The van der Waals surface area contributed by atoms with Crippen molar-refractivity contribution >= 4 is 22.8 Å². The predicted octanol–water partition coefficient (Wildman–Crippen LogP) is 2.43. The molecule has 2 radical (unpaired) electrons. The van der Waals surface area contributed by atoms with Gasteiger partial charge in [-0.2, -0.15) is 0 Å². The zero-order valence-corrected chi connectivity index (χ0v) is 11.4. The zero-order valence-electron chi connectivity index (χ0n) is 9.63. The Bertz CT molecular complexity index is 211. The number of hydrogen-bond donors (Lipinski definition) is 0. The maximum atomic E-state index is 11.9. The van der Waals surface area contributed by atoms with Crippen LogP contribution >= 0.6 is 15.2 Å². The van der Waals surface area contributed by atoms with Gasteiger partial charge < -0.3 is 9.05 Å². The van der Waals surface area contributed by atoms with Crippen LogP contribution in [0.2, 0.25) is 0 Å². The van der Waals surface area contributed by atoms with Gasteiger partial charge in [0.05, 0.1) is 13.2 Å². The molecular formula is C7H18BO5P2+. The topological polar surface area (TPSA) is 54.0 Å². The first-order valence-electron chi connectivity index (χ1n) is 4.61. The molecule has 0 aliphatic rings. The average molecular weight is 255 g/mol. The van der Waals surface area contributed by atoms with Crippen molar-refractivity contribution in [3.8, 4) is 0 Å². The Hall–Kier alpha value is 0.565.